The van der Waals surface area contributed by atoms with E-state index in [4.69, 9.17) is 4.74 Å². The summed E-state index contributed by atoms with van der Waals surface area (Å²) in [5.41, 5.74) is 1.23. The summed E-state index contributed by atoms with van der Waals surface area (Å²) < 4.78 is 5.28. The first kappa shape index (κ1) is 18.9. The smallest absolute Gasteiger partial charge is 0.225 e. The van der Waals surface area contributed by atoms with E-state index in [9.17, 15) is 4.79 Å². The Balaban J connectivity index is 1.66. The molecule has 140 valence electrons. The minimum Gasteiger partial charge on any atom is -0.497 e. The van der Waals surface area contributed by atoms with E-state index in [1.165, 1.54) is 18.4 Å². The zero-order valence-corrected chi connectivity index (χ0v) is 16.4. The molecule has 1 saturated heterocycles. The van der Waals surface area contributed by atoms with E-state index in [1.54, 1.807) is 18.4 Å². The summed E-state index contributed by atoms with van der Waals surface area (Å²) in [4.78, 5) is 16.0. The van der Waals surface area contributed by atoms with Crippen molar-refractivity contribution in [1.29, 1.82) is 0 Å². The van der Waals surface area contributed by atoms with Gasteiger partial charge < -0.3 is 10.1 Å². The minimum absolute atomic E-state index is 0.0938. The lowest BCUT2D eigenvalue weighted by Crippen LogP contribution is -2.42. The van der Waals surface area contributed by atoms with Crippen molar-refractivity contribution in [2.24, 2.45) is 5.92 Å². The van der Waals surface area contributed by atoms with Crippen LogP contribution in [-0.4, -0.2) is 37.6 Å². The van der Waals surface area contributed by atoms with Crippen LogP contribution in [0.3, 0.4) is 0 Å². The van der Waals surface area contributed by atoms with E-state index in [1.807, 2.05) is 29.6 Å². The van der Waals surface area contributed by atoms with Crippen molar-refractivity contribution < 1.29 is 9.53 Å². The highest BCUT2D eigenvalue weighted by atomic mass is 32.1. The van der Waals surface area contributed by atoms with Crippen LogP contribution in [0.2, 0.25) is 0 Å². The van der Waals surface area contributed by atoms with Crippen molar-refractivity contribution in [1.82, 2.24) is 10.2 Å². The van der Waals surface area contributed by atoms with Crippen LogP contribution in [0.4, 0.5) is 0 Å². The molecule has 0 spiro atoms. The number of rotatable bonds is 7. The minimum atomic E-state index is 0.0938. The molecule has 1 aliphatic heterocycles. The van der Waals surface area contributed by atoms with Gasteiger partial charge in [0.2, 0.25) is 5.91 Å². The van der Waals surface area contributed by atoms with Gasteiger partial charge in [0.1, 0.15) is 5.75 Å². The van der Waals surface area contributed by atoms with Gasteiger partial charge in [-0.15, -0.1) is 11.3 Å². The van der Waals surface area contributed by atoms with Crippen molar-refractivity contribution in [2.75, 3.05) is 26.7 Å². The van der Waals surface area contributed by atoms with Gasteiger partial charge in [-0.05, 0) is 61.0 Å². The number of nitrogens with one attached hydrogen (secondary N) is 1. The fourth-order valence-corrected chi connectivity index (χ4v) is 4.17. The maximum absolute atomic E-state index is 12.3. The maximum atomic E-state index is 12.3. The van der Waals surface area contributed by atoms with Crippen LogP contribution in [-0.2, 0) is 11.2 Å². The number of ether oxygens (including phenoxy) is 1. The highest BCUT2D eigenvalue weighted by molar-refractivity contribution is 7.10. The average Bonchev–Trinajstić information content (AvgIpc) is 3.16. The molecule has 1 atom stereocenters. The highest BCUT2D eigenvalue weighted by Crippen LogP contribution is 2.27. The van der Waals surface area contributed by atoms with Crippen LogP contribution < -0.4 is 10.1 Å². The van der Waals surface area contributed by atoms with Crippen LogP contribution in [0.5, 0.6) is 5.75 Å². The van der Waals surface area contributed by atoms with Gasteiger partial charge in [-0.25, -0.2) is 0 Å². The van der Waals surface area contributed by atoms with E-state index in [0.717, 1.165) is 29.6 Å². The number of carbonyl (C=O) groups is 1. The number of hydrogen-bond acceptors (Lipinski definition) is 4. The van der Waals surface area contributed by atoms with E-state index in [0.29, 0.717) is 13.0 Å². The van der Waals surface area contributed by atoms with Gasteiger partial charge in [0.15, 0.2) is 0 Å². The fourth-order valence-electron chi connectivity index (χ4n) is 3.47. The predicted octanol–water partition coefficient (Wildman–Crippen LogP) is 3.89. The molecule has 26 heavy (non-hydrogen) atoms. The predicted molar refractivity (Wildman–Crippen MR) is 107 cm³/mol. The molecule has 0 radical (unpaired) electrons. The first-order valence-corrected chi connectivity index (χ1v) is 10.2. The van der Waals surface area contributed by atoms with E-state index in [2.05, 4.69) is 29.3 Å². The lowest BCUT2D eigenvalue weighted by molar-refractivity contribution is -0.120. The van der Waals surface area contributed by atoms with Gasteiger partial charge >= 0.3 is 0 Å². The summed E-state index contributed by atoms with van der Waals surface area (Å²) in [6.45, 7) is 5.13. The summed E-state index contributed by atoms with van der Waals surface area (Å²) in [5, 5.41) is 5.16. The number of hydrogen-bond donors (Lipinski definition) is 1. The van der Waals surface area contributed by atoms with E-state index >= 15 is 0 Å². The standard InChI is InChI=1S/C21H28N2O2S/c1-16-9-11-23(12-10-16)20(17-5-7-18(25-2)8-6-17)15-22-21(24)14-19-4-3-13-26-19/h3-8,13,16,20H,9-12,14-15H2,1-2H3,(H,22,24). The van der Waals surface area contributed by atoms with Crippen LogP contribution in [0.1, 0.15) is 36.2 Å². The number of likely N-dealkylation sites (tertiary alicyclic amines) is 1. The van der Waals surface area contributed by atoms with Crippen LogP contribution in [0.15, 0.2) is 41.8 Å². The molecule has 0 saturated carbocycles. The molecule has 2 heterocycles. The Morgan fingerprint density at radius 1 is 1.27 bits per heavy atom. The van der Waals surface area contributed by atoms with Crippen molar-refractivity contribution in [3.05, 3.63) is 52.2 Å². The Labute approximate surface area is 160 Å². The molecule has 1 N–H and O–H groups in total. The number of benzene rings is 1. The molecule has 1 aromatic heterocycles. The monoisotopic (exact) mass is 372 g/mol. The summed E-state index contributed by atoms with van der Waals surface area (Å²) in [6, 6.07) is 12.4. The fraction of sp³-hybridized carbons (Fsp3) is 0.476. The second-order valence-corrected chi connectivity index (χ2v) is 8.10. The molecule has 0 bridgehead atoms. The summed E-state index contributed by atoms with van der Waals surface area (Å²) in [7, 11) is 1.68. The molecule has 1 aliphatic rings. The van der Waals surface area contributed by atoms with Gasteiger partial charge in [-0.3, -0.25) is 9.69 Å². The van der Waals surface area contributed by atoms with E-state index < -0.39 is 0 Å². The maximum Gasteiger partial charge on any atom is 0.225 e. The first-order valence-electron chi connectivity index (χ1n) is 9.33. The van der Waals surface area contributed by atoms with Crippen LogP contribution in [0, 0.1) is 5.92 Å². The number of carbonyl (C=O) groups excluding carboxylic acids is 1. The third-order valence-corrected chi connectivity index (χ3v) is 6.04. The molecule has 3 rings (SSSR count). The number of thiophene rings is 1. The van der Waals surface area contributed by atoms with Crippen molar-refractivity contribution in [2.45, 2.75) is 32.2 Å². The molecule has 2 aromatic rings. The number of piperidine rings is 1. The quantitative estimate of drug-likeness (QED) is 0.802. The first-order chi connectivity index (χ1) is 12.7. The Hall–Kier alpha value is -1.85. The Kier molecular flexibility index (Phi) is 6.69. The molecule has 1 fully saturated rings. The zero-order valence-electron chi connectivity index (χ0n) is 15.6. The molecular weight excluding hydrogens is 344 g/mol. The number of methoxy groups -OCH3 is 1. The molecule has 0 aliphatic carbocycles. The largest absolute Gasteiger partial charge is 0.497 e. The second-order valence-electron chi connectivity index (χ2n) is 7.07. The van der Waals surface area contributed by atoms with Crippen molar-refractivity contribution in [3.8, 4) is 5.75 Å². The third-order valence-electron chi connectivity index (χ3n) is 5.17. The lowest BCUT2D eigenvalue weighted by Gasteiger charge is -2.37. The molecule has 4 nitrogen and oxygen atoms in total. The lowest BCUT2D eigenvalue weighted by atomic mass is 9.95. The normalized spacial score (nSPS) is 17.0. The highest BCUT2D eigenvalue weighted by Gasteiger charge is 2.25. The van der Waals surface area contributed by atoms with Gasteiger partial charge in [0, 0.05) is 11.4 Å². The summed E-state index contributed by atoms with van der Waals surface area (Å²) >= 11 is 1.63. The third kappa shape index (κ3) is 5.08. The van der Waals surface area contributed by atoms with Gasteiger partial charge in [-0.1, -0.05) is 25.1 Å². The van der Waals surface area contributed by atoms with Crippen LogP contribution in [0.25, 0.3) is 0 Å². The van der Waals surface area contributed by atoms with Crippen molar-refractivity contribution >= 4 is 17.2 Å². The SMILES string of the molecule is COc1ccc(C(CNC(=O)Cc2cccs2)N2CCC(C)CC2)cc1. The Morgan fingerprint density at radius 3 is 2.62 bits per heavy atom. The van der Waals surface area contributed by atoms with Crippen LogP contribution >= 0.6 is 11.3 Å². The molecule has 1 aromatic carbocycles. The second kappa shape index (κ2) is 9.19. The molecular formula is C21H28N2O2S. The topological polar surface area (TPSA) is 41.6 Å². The average molecular weight is 373 g/mol. The van der Waals surface area contributed by atoms with Gasteiger partial charge in [0.05, 0.1) is 19.6 Å². The van der Waals surface area contributed by atoms with E-state index in [-0.39, 0.29) is 11.9 Å². The number of amides is 1. The molecule has 1 amide bonds. The van der Waals surface area contributed by atoms with Crippen molar-refractivity contribution in [3.63, 3.8) is 0 Å². The number of nitrogens with zero attached hydrogens (tertiary/aromatic N) is 1. The molecule has 1 unspecified atom stereocenters. The summed E-state index contributed by atoms with van der Waals surface area (Å²) in [6.07, 6.45) is 2.90. The summed E-state index contributed by atoms with van der Waals surface area (Å²) in [5.74, 6) is 1.74. The zero-order chi connectivity index (χ0) is 18.4. The van der Waals surface area contributed by atoms with Gasteiger partial charge in [-0.2, -0.15) is 0 Å². The van der Waals surface area contributed by atoms with Gasteiger partial charge in [0.25, 0.3) is 0 Å². The Bertz CT molecular complexity index is 677. The Morgan fingerprint density at radius 2 is 2.00 bits per heavy atom. The molecule has 5 heteroatoms.